The van der Waals surface area contributed by atoms with Crippen molar-refractivity contribution in [3.63, 3.8) is 0 Å². The number of ether oxygens (including phenoxy) is 1. The molecule has 2 rings (SSSR count). The minimum absolute atomic E-state index is 0.284. The van der Waals surface area contributed by atoms with Gasteiger partial charge in [-0.25, -0.2) is 4.79 Å². The highest BCUT2D eigenvalue weighted by Crippen LogP contribution is 2.43. The van der Waals surface area contributed by atoms with Crippen molar-refractivity contribution in [1.82, 2.24) is 0 Å². The molecule has 23 heavy (non-hydrogen) atoms. The predicted octanol–water partition coefficient (Wildman–Crippen LogP) is 4.60. The molecule has 3 nitrogen and oxygen atoms in total. The van der Waals surface area contributed by atoms with Crippen LogP contribution in [0.1, 0.15) is 76.5 Å². The van der Waals surface area contributed by atoms with Crippen LogP contribution in [0.15, 0.2) is 24.3 Å². The summed E-state index contributed by atoms with van der Waals surface area (Å²) in [4.78, 5) is 11.7. The van der Waals surface area contributed by atoms with Gasteiger partial charge in [0, 0.05) is 0 Å². The molecule has 0 spiro atoms. The Morgan fingerprint density at radius 2 is 1.91 bits per heavy atom. The van der Waals surface area contributed by atoms with Crippen LogP contribution < -0.4 is 0 Å². The number of esters is 1. The summed E-state index contributed by atoms with van der Waals surface area (Å²) in [5.41, 5.74) is 2.25. The molecule has 0 radical (unpaired) electrons. The number of aliphatic hydroxyl groups is 1. The minimum Gasteiger partial charge on any atom is -0.464 e. The van der Waals surface area contributed by atoms with Gasteiger partial charge in [0.2, 0.25) is 0 Å². The molecule has 1 fully saturated rings. The Balaban J connectivity index is 2.05. The lowest BCUT2D eigenvalue weighted by Gasteiger charge is -2.37. The van der Waals surface area contributed by atoms with E-state index in [4.69, 9.17) is 4.74 Å². The molecule has 128 valence electrons. The van der Waals surface area contributed by atoms with Gasteiger partial charge in [0.25, 0.3) is 0 Å². The molecule has 0 saturated heterocycles. The van der Waals surface area contributed by atoms with Crippen LogP contribution in [-0.2, 0) is 9.53 Å². The van der Waals surface area contributed by atoms with Gasteiger partial charge in [-0.2, -0.15) is 0 Å². The maximum Gasteiger partial charge on any atom is 0.339 e. The van der Waals surface area contributed by atoms with Crippen molar-refractivity contribution in [2.75, 3.05) is 6.61 Å². The molecule has 0 heterocycles. The summed E-state index contributed by atoms with van der Waals surface area (Å²) in [5.74, 6) is 0.746. The second kappa shape index (κ2) is 7.48. The second-order valence-corrected chi connectivity index (χ2v) is 7.74. The normalized spacial score (nSPS) is 23.3. The quantitative estimate of drug-likeness (QED) is 0.825. The van der Waals surface area contributed by atoms with Crippen molar-refractivity contribution in [3.8, 4) is 0 Å². The van der Waals surface area contributed by atoms with Gasteiger partial charge < -0.3 is 9.84 Å². The fraction of sp³-hybridized carbons (Fsp3) is 0.650. The van der Waals surface area contributed by atoms with E-state index in [9.17, 15) is 9.90 Å². The average molecular weight is 318 g/mol. The third-order valence-corrected chi connectivity index (χ3v) is 5.16. The molecule has 1 aliphatic rings. The van der Waals surface area contributed by atoms with Gasteiger partial charge in [-0.05, 0) is 61.0 Å². The van der Waals surface area contributed by atoms with E-state index in [0.29, 0.717) is 16.9 Å². The molecule has 0 aromatic heterocycles. The Morgan fingerprint density at radius 3 is 2.48 bits per heavy atom. The molecule has 1 N–H and O–H groups in total. The van der Waals surface area contributed by atoms with Gasteiger partial charge in [0.05, 0.1) is 6.61 Å². The van der Waals surface area contributed by atoms with Gasteiger partial charge in [-0.1, -0.05) is 45.0 Å². The summed E-state index contributed by atoms with van der Waals surface area (Å²) in [6.07, 6.45) is 3.68. The van der Waals surface area contributed by atoms with E-state index in [1.807, 2.05) is 12.1 Å². The smallest absolute Gasteiger partial charge is 0.339 e. The maximum absolute atomic E-state index is 11.7. The molecule has 1 saturated carbocycles. The highest BCUT2D eigenvalue weighted by Gasteiger charge is 2.30. The van der Waals surface area contributed by atoms with Crippen LogP contribution in [0.3, 0.4) is 0 Å². The zero-order chi connectivity index (χ0) is 17.0. The van der Waals surface area contributed by atoms with E-state index in [0.717, 1.165) is 5.92 Å². The Bertz CT molecular complexity index is 522. The van der Waals surface area contributed by atoms with Crippen molar-refractivity contribution in [2.24, 2.45) is 11.3 Å². The summed E-state index contributed by atoms with van der Waals surface area (Å²) in [6.45, 7) is 9.01. The molecule has 0 bridgehead atoms. The topological polar surface area (TPSA) is 46.5 Å². The number of hydrogen-bond acceptors (Lipinski definition) is 3. The van der Waals surface area contributed by atoms with E-state index < -0.39 is 12.1 Å². The van der Waals surface area contributed by atoms with Crippen LogP contribution in [0.4, 0.5) is 0 Å². The molecule has 1 aromatic rings. The summed E-state index contributed by atoms with van der Waals surface area (Å²) < 4.78 is 4.91. The maximum atomic E-state index is 11.7. The number of aliphatic hydroxyl groups excluding tert-OH is 1. The first-order valence-electron chi connectivity index (χ1n) is 8.77. The lowest BCUT2D eigenvalue weighted by molar-refractivity contribution is -0.153. The summed E-state index contributed by atoms with van der Waals surface area (Å²) in [7, 11) is 0. The molecule has 1 aromatic carbocycles. The molecular formula is C20H30O3. The van der Waals surface area contributed by atoms with Crippen LogP contribution >= 0.6 is 0 Å². The average Bonchev–Trinajstić information content (AvgIpc) is 2.54. The largest absolute Gasteiger partial charge is 0.464 e. The van der Waals surface area contributed by atoms with Crippen LogP contribution in [0.2, 0.25) is 0 Å². The van der Waals surface area contributed by atoms with Gasteiger partial charge in [0.1, 0.15) is 0 Å². The summed E-state index contributed by atoms with van der Waals surface area (Å²) in [5, 5.41) is 10.1. The molecule has 1 unspecified atom stereocenters. The molecule has 0 amide bonds. The third kappa shape index (κ3) is 4.57. The fourth-order valence-corrected chi connectivity index (χ4v) is 3.63. The first-order valence-corrected chi connectivity index (χ1v) is 8.77. The van der Waals surface area contributed by atoms with Gasteiger partial charge in [0.15, 0.2) is 6.10 Å². The highest BCUT2D eigenvalue weighted by atomic mass is 16.5. The van der Waals surface area contributed by atoms with Gasteiger partial charge in [-0.3, -0.25) is 0 Å². The van der Waals surface area contributed by atoms with Crippen molar-refractivity contribution in [3.05, 3.63) is 35.4 Å². The zero-order valence-electron chi connectivity index (χ0n) is 14.8. The van der Waals surface area contributed by atoms with Crippen LogP contribution in [0.25, 0.3) is 0 Å². The van der Waals surface area contributed by atoms with Gasteiger partial charge in [-0.15, -0.1) is 0 Å². The third-order valence-electron chi connectivity index (χ3n) is 5.16. The lowest BCUT2D eigenvalue weighted by atomic mass is 9.68. The van der Waals surface area contributed by atoms with Crippen LogP contribution in [-0.4, -0.2) is 17.7 Å². The number of rotatable bonds is 4. The number of benzene rings is 1. The molecule has 1 atom stereocenters. The molecule has 1 aliphatic carbocycles. The minimum atomic E-state index is -1.18. The predicted molar refractivity (Wildman–Crippen MR) is 92.2 cm³/mol. The van der Waals surface area contributed by atoms with Gasteiger partial charge >= 0.3 is 5.97 Å². The Labute approximate surface area is 140 Å². The standard InChI is InChI=1S/C20H30O3/c1-5-23-19(22)18(21)16-8-6-7-15(13-16)14-9-11-17(12-10-14)20(2,3)4/h6-8,13-14,17-18,21H,5,9-12H2,1-4H3. The Hall–Kier alpha value is -1.35. The SMILES string of the molecule is CCOC(=O)C(O)c1cccc(C2CCC(C(C)(C)C)CC2)c1. The number of hydrogen-bond donors (Lipinski definition) is 1. The molecule has 0 aliphatic heterocycles. The van der Waals surface area contributed by atoms with Crippen molar-refractivity contribution in [2.45, 2.75) is 65.4 Å². The van der Waals surface area contributed by atoms with E-state index in [1.54, 1.807) is 13.0 Å². The van der Waals surface area contributed by atoms with E-state index >= 15 is 0 Å². The second-order valence-electron chi connectivity index (χ2n) is 7.74. The number of carbonyl (C=O) groups is 1. The Morgan fingerprint density at radius 1 is 1.26 bits per heavy atom. The van der Waals surface area contributed by atoms with Crippen LogP contribution in [0, 0.1) is 11.3 Å². The number of carbonyl (C=O) groups excluding carboxylic acids is 1. The first-order chi connectivity index (χ1) is 10.8. The molecular weight excluding hydrogens is 288 g/mol. The van der Waals surface area contributed by atoms with E-state index in [1.165, 1.54) is 31.2 Å². The Kier molecular flexibility index (Phi) is 5.85. The van der Waals surface area contributed by atoms with Crippen molar-refractivity contribution >= 4 is 5.97 Å². The first kappa shape index (κ1) is 18.0. The van der Waals surface area contributed by atoms with Crippen LogP contribution in [0.5, 0.6) is 0 Å². The van der Waals surface area contributed by atoms with E-state index in [2.05, 4.69) is 26.8 Å². The summed E-state index contributed by atoms with van der Waals surface area (Å²) in [6, 6.07) is 7.82. The monoisotopic (exact) mass is 318 g/mol. The fourth-order valence-electron chi connectivity index (χ4n) is 3.63. The summed E-state index contributed by atoms with van der Waals surface area (Å²) >= 11 is 0. The zero-order valence-corrected chi connectivity index (χ0v) is 14.8. The van der Waals surface area contributed by atoms with Crippen molar-refractivity contribution < 1.29 is 14.6 Å². The molecule has 3 heteroatoms. The lowest BCUT2D eigenvalue weighted by Crippen LogP contribution is -2.25. The van der Waals surface area contributed by atoms with E-state index in [-0.39, 0.29) is 6.61 Å². The highest BCUT2D eigenvalue weighted by molar-refractivity contribution is 5.76. The van der Waals surface area contributed by atoms with Crippen molar-refractivity contribution in [1.29, 1.82) is 0 Å².